The minimum Gasteiger partial charge on any atom is -0.465 e. The summed E-state index contributed by atoms with van der Waals surface area (Å²) in [5.41, 5.74) is 1.73. The number of hydrogen-bond acceptors (Lipinski definition) is 4. The van der Waals surface area contributed by atoms with E-state index >= 15 is 0 Å². The number of nitro benzene ring substituents is 1. The van der Waals surface area contributed by atoms with Crippen molar-refractivity contribution in [2.24, 2.45) is 0 Å². The standard InChI is InChI=1S/C15H18N2O3/c1-10-4-6-13(8-15(10)17(18)19)12(3)16-9-14-7-5-11(2)20-14/h4-8,12,16H,9H2,1-3H3. The smallest absolute Gasteiger partial charge is 0.272 e. The first-order valence-corrected chi connectivity index (χ1v) is 6.51. The fraction of sp³-hybridized carbons (Fsp3) is 0.333. The average molecular weight is 274 g/mol. The van der Waals surface area contributed by atoms with Crippen LogP contribution < -0.4 is 5.32 Å². The Labute approximate surface area is 117 Å². The number of nitrogens with zero attached hydrogens (tertiary/aromatic N) is 1. The van der Waals surface area contributed by atoms with Gasteiger partial charge in [0.2, 0.25) is 0 Å². The van der Waals surface area contributed by atoms with E-state index < -0.39 is 0 Å². The van der Waals surface area contributed by atoms with E-state index in [4.69, 9.17) is 4.42 Å². The van der Waals surface area contributed by atoms with Gasteiger partial charge in [0.05, 0.1) is 11.5 Å². The van der Waals surface area contributed by atoms with Crippen LogP contribution in [0.25, 0.3) is 0 Å². The Kier molecular flexibility index (Phi) is 4.20. The highest BCUT2D eigenvalue weighted by Crippen LogP contribution is 2.23. The molecular formula is C15H18N2O3. The lowest BCUT2D eigenvalue weighted by Crippen LogP contribution is -2.18. The molecule has 2 rings (SSSR count). The Morgan fingerprint density at radius 3 is 2.65 bits per heavy atom. The van der Waals surface area contributed by atoms with Gasteiger partial charge in [-0.25, -0.2) is 0 Å². The third-order valence-corrected chi connectivity index (χ3v) is 3.31. The molecule has 0 aliphatic carbocycles. The molecule has 1 N–H and O–H groups in total. The molecule has 20 heavy (non-hydrogen) atoms. The summed E-state index contributed by atoms with van der Waals surface area (Å²) in [5.74, 6) is 1.73. The summed E-state index contributed by atoms with van der Waals surface area (Å²) in [6, 6.07) is 9.17. The number of furan rings is 1. The van der Waals surface area contributed by atoms with Crippen LogP contribution in [-0.4, -0.2) is 4.92 Å². The van der Waals surface area contributed by atoms with Crippen LogP contribution in [0.1, 0.15) is 35.6 Å². The molecule has 2 aromatic rings. The third-order valence-electron chi connectivity index (χ3n) is 3.31. The van der Waals surface area contributed by atoms with Crippen molar-refractivity contribution in [3.05, 3.63) is 63.1 Å². The quantitative estimate of drug-likeness (QED) is 0.667. The predicted octanol–water partition coefficient (Wildman–Crippen LogP) is 3.66. The van der Waals surface area contributed by atoms with Gasteiger partial charge < -0.3 is 9.73 Å². The van der Waals surface area contributed by atoms with Gasteiger partial charge in [-0.05, 0) is 38.5 Å². The molecule has 0 saturated heterocycles. The van der Waals surface area contributed by atoms with Crippen molar-refractivity contribution in [2.75, 3.05) is 0 Å². The Morgan fingerprint density at radius 1 is 1.30 bits per heavy atom. The van der Waals surface area contributed by atoms with Gasteiger partial charge >= 0.3 is 0 Å². The number of rotatable bonds is 5. The van der Waals surface area contributed by atoms with E-state index in [1.807, 2.05) is 32.0 Å². The maximum atomic E-state index is 10.9. The van der Waals surface area contributed by atoms with Crippen molar-refractivity contribution in [1.29, 1.82) is 0 Å². The molecule has 0 saturated carbocycles. The summed E-state index contributed by atoms with van der Waals surface area (Å²) in [7, 11) is 0. The SMILES string of the molecule is Cc1ccc(CNC(C)c2ccc(C)c([N+](=O)[O-])c2)o1. The van der Waals surface area contributed by atoms with Crippen LogP contribution in [0, 0.1) is 24.0 Å². The Bertz CT molecular complexity index is 619. The van der Waals surface area contributed by atoms with E-state index in [0.29, 0.717) is 12.1 Å². The van der Waals surface area contributed by atoms with E-state index in [-0.39, 0.29) is 16.7 Å². The summed E-state index contributed by atoms with van der Waals surface area (Å²) in [6.07, 6.45) is 0. The van der Waals surface area contributed by atoms with Crippen LogP contribution in [0.4, 0.5) is 5.69 Å². The second-order valence-electron chi connectivity index (χ2n) is 4.92. The Hall–Kier alpha value is -2.14. The minimum atomic E-state index is -0.346. The number of nitrogens with one attached hydrogen (secondary N) is 1. The maximum Gasteiger partial charge on any atom is 0.272 e. The molecule has 0 amide bonds. The van der Waals surface area contributed by atoms with Crippen molar-refractivity contribution in [2.45, 2.75) is 33.4 Å². The molecule has 5 nitrogen and oxygen atoms in total. The highest BCUT2D eigenvalue weighted by molar-refractivity contribution is 5.43. The molecule has 1 heterocycles. The van der Waals surface area contributed by atoms with E-state index in [2.05, 4.69) is 5.32 Å². The lowest BCUT2D eigenvalue weighted by atomic mass is 10.0. The monoisotopic (exact) mass is 274 g/mol. The second-order valence-corrected chi connectivity index (χ2v) is 4.92. The molecule has 1 atom stereocenters. The normalized spacial score (nSPS) is 12.3. The van der Waals surface area contributed by atoms with Crippen molar-refractivity contribution < 1.29 is 9.34 Å². The van der Waals surface area contributed by atoms with Gasteiger partial charge in [0.1, 0.15) is 11.5 Å². The van der Waals surface area contributed by atoms with Gasteiger partial charge in [0, 0.05) is 17.7 Å². The molecule has 0 spiro atoms. The molecule has 1 unspecified atom stereocenters. The van der Waals surface area contributed by atoms with E-state index in [1.54, 1.807) is 19.1 Å². The zero-order valence-electron chi connectivity index (χ0n) is 11.8. The Morgan fingerprint density at radius 2 is 2.05 bits per heavy atom. The lowest BCUT2D eigenvalue weighted by molar-refractivity contribution is -0.385. The first-order chi connectivity index (χ1) is 9.47. The lowest BCUT2D eigenvalue weighted by Gasteiger charge is -2.13. The molecule has 0 aliphatic rings. The van der Waals surface area contributed by atoms with Crippen LogP contribution in [0.5, 0.6) is 0 Å². The number of hydrogen-bond donors (Lipinski definition) is 1. The summed E-state index contributed by atoms with van der Waals surface area (Å²) < 4.78 is 5.48. The van der Waals surface area contributed by atoms with Gasteiger partial charge in [-0.1, -0.05) is 12.1 Å². The van der Waals surface area contributed by atoms with Crippen molar-refractivity contribution in [1.82, 2.24) is 5.32 Å². The zero-order valence-corrected chi connectivity index (χ0v) is 11.8. The summed E-state index contributed by atoms with van der Waals surface area (Å²) in [6.45, 7) is 6.21. The molecule has 1 aromatic carbocycles. The Balaban J connectivity index is 2.07. The van der Waals surface area contributed by atoms with Crippen molar-refractivity contribution >= 4 is 5.69 Å². The molecule has 106 valence electrons. The fourth-order valence-corrected chi connectivity index (χ4v) is 2.04. The van der Waals surface area contributed by atoms with Crippen LogP contribution in [0.3, 0.4) is 0 Å². The van der Waals surface area contributed by atoms with Gasteiger partial charge in [0.15, 0.2) is 0 Å². The number of aryl methyl sites for hydroxylation is 2. The van der Waals surface area contributed by atoms with E-state index in [1.165, 1.54) is 0 Å². The van der Waals surface area contributed by atoms with E-state index in [0.717, 1.165) is 17.1 Å². The van der Waals surface area contributed by atoms with Crippen LogP contribution >= 0.6 is 0 Å². The van der Waals surface area contributed by atoms with E-state index in [9.17, 15) is 10.1 Å². The topological polar surface area (TPSA) is 68.3 Å². The second kappa shape index (κ2) is 5.88. The zero-order chi connectivity index (χ0) is 14.7. The van der Waals surface area contributed by atoms with Gasteiger partial charge in [-0.3, -0.25) is 10.1 Å². The predicted molar refractivity (Wildman–Crippen MR) is 76.5 cm³/mol. The molecule has 0 fully saturated rings. The molecule has 0 radical (unpaired) electrons. The van der Waals surface area contributed by atoms with Gasteiger partial charge in [-0.2, -0.15) is 0 Å². The molecule has 5 heteroatoms. The highest BCUT2D eigenvalue weighted by Gasteiger charge is 2.14. The van der Waals surface area contributed by atoms with Gasteiger partial charge in [0.25, 0.3) is 5.69 Å². The third kappa shape index (κ3) is 3.24. The number of benzene rings is 1. The average Bonchev–Trinajstić information content (AvgIpc) is 2.82. The molecule has 1 aromatic heterocycles. The fourth-order valence-electron chi connectivity index (χ4n) is 2.04. The summed E-state index contributed by atoms with van der Waals surface area (Å²) >= 11 is 0. The van der Waals surface area contributed by atoms with Gasteiger partial charge in [-0.15, -0.1) is 0 Å². The summed E-state index contributed by atoms with van der Waals surface area (Å²) in [5, 5.41) is 14.2. The molecule has 0 bridgehead atoms. The van der Waals surface area contributed by atoms with Crippen molar-refractivity contribution in [3.63, 3.8) is 0 Å². The maximum absolute atomic E-state index is 10.9. The highest BCUT2D eigenvalue weighted by atomic mass is 16.6. The van der Waals surface area contributed by atoms with Crippen LogP contribution in [0.15, 0.2) is 34.7 Å². The minimum absolute atomic E-state index is 0.0136. The molecule has 0 aliphatic heterocycles. The van der Waals surface area contributed by atoms with Crippen LogP contribution in [-0.2, 0) is 6.54 Å². The first kappa shape index (κ1) is 14.3. The van der Waals surface area contributed by atoms with Crippen molar-refractivity contribution in [3.8, 4) is 0 Å². The first-order valence-electron chi connectivity index (χ1n) is 6.51. The number of nitro groups is 1. The van der Waals surface area contributed by atoms with Crippen LogP contribution in [0.2, 0.25) is 0 Å². The largest absolute Gasteiger partial charge is 0.465 e. The molecular weight excluding hydrogens is 256 g/mol. The summed E-state index contributed by atoms with van der Waals surface area (Å²) in [4.78, 5) is 10.6.